The van der Waals surface area contributed by atoms with Gasteiger partial charge < -0.3 is 14.8 Å². The van der Waals surface area contributed by atoms with E-state index in [-0.39, 0.29) is 0 Å². The Hall–Kier alpha value is -1.55. The third-order valence-electron chi connectivity index (χ3n) is 1.62. The number of hydrogen-bond donors (Lipinski definition) is 1. The highest BCUT2D eigenvalue weighted by atomic mass is 16.5. The molecular formula is C10H13NO3. The smallest absolute Gasteiger partial charge is 0.211 e. The minimum Gasteiger partial charge on any atom is -0.491 e. The molecule has 0 unspecified atom stereocenters. The van der Waals surface area contributed by atoms with Crippen molar-refractivity contribution in [3.63, 3.8) is 0 Å². The molecule has 0 bridgehead atoms. The lowest BCUT2D eigenvalue weighted by Gasteiger charge is -2.06. The highest BCUT2D eigenvalue weighted by molar-refractivity contribution is 5.71. The molecule has 0 aromatic heterocycles. The molecule has 1 aromatic rings. The zero-order valence-electron chi connectivity index (χ0n) is 8.03. The van der Waals surface area contributed by atoms with Crippen LogP contribution in [0.3, 0.4) is 0 Å². The van der Waals surface area contributed by atoms with E-state index in [1.54, 1.807) is 19.2 Å². The van der Waals surface area contributed by atoms with Crippen molar-refractivity contribution in [3.05, 3.63) is 24.3 Å². The summed E-state index contributed by atoms with van der Waals surface area (Å²) in [5, 5.41) is 2.55. The first kappa shape index (κ1) is 10.5. The van der Waals surface area contributed by atoms with Crippen molar-refractivity contribution in [1.29, 1.82) is 0 Å². The molecule has 0 spiro atoms. The minimum atomic E-state index is 0.501. The van der Waals surface area contributed by atoms with E-state index in [0.717, 1.165) is 5.69 Å². The van der Waals surface area contributed by atoms with Crippen molar-refractivity contribution in [1.82, 2.24) is 0 Å². The summed E-state index contributed by atoms with van der Waals surface area (Å²) in [6.45, 7) is 1.05. The zero-order valence-corrected chi connectivity index (χ0v) is 8.03. The predicted octanol–water partition coefficient (Wildman–Crippen LogP) is 1.28. The van der Waals surface area contributed by atoms with E-state index in [1.807, 2.05) is 12.1 Å². The van der Waals surface area contributed by atoms with Crippen molar-refractivity contribution in [2.24, 2.45) is 0 Å². The largest absolute Gasteiger partial charge is 0.491 e. The Morgan fingerprint density at radius 1 is 1.43 bits per heavy atom. The van der Waals surface area contributed by atoms with Gasteiger partial charge in [0, 0.05) is 18.9 Å². The molecule has 1 N–H and O–H groups in total. The number of hydrogen-bond acceptors (Lipinski definition) is 3. The Morgan fingerprint density at radius 3 is 3.00 bits per heavy atom. The number of methoxy groups -OCH3 is 1. The monoisotopic (exact) mass is 195 g/mol. The van der Waals surface area contributed by atoms with Crippen molar-refractivity contribution in [2.75, 3.05) is 25.6 Å². The summed E-state index contributed by atoms with van der Waals surface area (Å²) < 4.78 is 10.2. The zero-order chi connectivity index (χ0) is 10.2. The quantitative estimate of drug-likeness (QED) is 0.549. The number of benzene rings is 1. The number of rotatable bonds is 6. The maximum absolute atomic E-state index is 10.2. The SMILES string of the molecule is COCCOc1cccc(NC=O)c1. The summed E-state index contributed by atoms with van der Waals surface area (Å²) in [5.41, 5.74) is 0.718. The van der Waals surface area contributed by atoms with Crippen LogP contribution in [-0.4, -0.2) is 26.7 Å². The molecular weight excluding hydrogens is 182 g/mol. The van der Waals surface area contributed by atoms with Crippen LogP contribution in [0.25, 0.3) is 0 Å². The van der Waals surface area contributed by atoms with Crippen LogP contribution in [0.5, 0.6) is 5.75 Å². The first-order valence-electron chi connectivity index (χ1n) is 4.29. The first-order chi connectivity index (χ1) is 6.86. The molecule has 76 valence electrons. The van der Waals surface area contributed by atoms with Crippen molar-refractivity contribution < 1.29 is 14.3 Å². The minimum absolute atomic E-state index is 0.501. The van der Waals surface area contributed by atoms with Gasteiger partial charge in [-0.2, -0.15) is 0 Å². The van der Waals surface area contributed by atoms with Gasteiger partial charge in [-0.3, -0.25) is 4.79 Å². The lowest BCUT2D eigenvalue weighted by Crippen LogP contribution is -2.04. The molecule has 0 saturated heterocycles. The molecule has 1 rings (SSSR count). The predicted molar refractivity (Wildman–Crippen MR) is 53.5 cm³/mol. The fraction of sp³-hybridized carbons (Fsp3) is 0.300. The van der Waals surface area contributed by atoms with E-state index in [0.29, 0.717) is 25.4 Å². The number of ether oxygens (including phenoxy) is 2. The van der Waals surface area contributed by atoms with Gasteiger partial charge in [-0.1, -0.05) is 6.07 Å². The first-order valence-corrected chi connectivity index (χ1v) is 4.29. The highest BCUT2D eigenvalue weighted by Gasteiger charge is 1.95. The second kappa shape index (κ2) is 5.99. The van der Waals surface area contributed by atoms with Gasteiger partial charge in [-0.15, -0.1) is 0 Å². The lowest BCUT2D eigenvalue weighted by atomic mass is 10.3. The molecule has 0 radical (unpaired) electrons. The van der Waals surface area contributed by atoms with Crippen LogP contribution in [0.2, 0.25) is 0 Å². The average molecular weight is 195 g/mol. The highest BCUT2D eigenvalue weighted by Crippen LogP contribution is 2.16. The molecule has 14 heavy (non-hydrogen) atoms. The molecule has 0 aliphatic heterocycles. The van der Waals surface area contributed by atoms with Gasteiger partial charge in [0.1, 0.15) is 12.4 Å². The van der Waals surface area contributed by atoms with Gasteiger partial charge in [0.25, 0.3) is 0 Å². The second-order valence-electron chi connectivity index (χ2n) is 2.63. The molecule has 0 saturated carbocycles. The lowest BCUT2D eigenvalue weighted by molar-refractivity contribution is -0.105. The van der Waals surface area contributed by atoms with E-state index in [2.05, 4.69) is 5.32 Å². The van der Waals surface area contributed by atoms with Gasteiger partial charge in [0.2, 0.25) is 6.41 Å². The fourth-order valence-electron chi connectivity index (χ4n) is 0.987. The van der Waals surface area contributed by atoms with E-state index in [9.17, 15) is 4.79 Å². The summed E-state index contributed by atoms with van der Waals surface area (Å²) in [7, 11) is 1.62. The average Bonchev–Trinajstić information content (AvgIpc) is 2.19. The Morgan fingerprint density at radius 2 is 2.29 bits per heavy atom. The molecule has 0 aliphatic rings. The van der Waals surface area contributed by atoms with Gasteiger partial charge in [0.05, 0.1) is 6.61 Å². The van der Waals surface area contributed by atoms with Crippen LogP contribution >= 0.6 is 0 Å². The molecule has 0 fully saturated rings. The second-order valence-corrected chi connectivity index (χ2v) is 2.63. The number of anilines is 1. The van der Waals surface area contributed by atoms with Crippen molar-refractivity contribution in [2.45, 2.75) is 0 Å². The summed E-state index contributed by atoms with van der Waals surface area (Å²) in [6.07, 6.45) is 0.633. The van der Waals surface area contributed by atoms with Gasteiger partial charge in [0.15, 0.2) is 0 Å². The van der Waals surface area contributed by atoms with E-state index in [4.69, 9.17) is 9.47 Å². The molecule has 1 amide bonds. The number of amides is 1. The van der Waals surface area contributed by atoms with Crippen LogP contribution in [0.4, 0.5) is 5.69 Å². The van der Waals surface area contributed by atoms with Crippen LogP contribution in [0, 0.1) is 0 Å². The number of carbonyl (C=O) groups excluding carboxylic acids is 1. The van der Waals surface area contributed by atoms with E-state index >= 15 is 0 Å². The number of carbonyl (C=O) groups is 1. The summed E-state index contributed by atoms with van der Waals surface area (Å²) in [4.78, 5) is 10.2. The van der Waals surface area contributed by atoms with Crippen LogP contribution in [0.1, 0.15) is 0 Å². The number of nitrogens with one attached hydrogen (secondary N) is 1. The van der Waals surface area contributed by atoms with Crippen LogP contribution in [-0.2, 0) is 9.53 Å². The van der Waals surface area contributed by atoms with E-state index in [1.165, 1.54) is 0 Å². The molecule has 0 atom stereocenters. The third-order valence-corrected chi connectivity index (χ3v) is 1.62. The molecule has 0 aliphatic carbocycles. The molecule has 0 heterocycles. The molecule has 4 nitrogen and oxygen atoms in total. The Labute approximate surface area is 82.8 Å². The summed E-state index contributed by atoms with van der Waals surface area (Å²) >= 11 is 0. The van der Waals surface area contributed by atoms with Crippen LogP contribution < -0.4 is 10.1 Å². The van der Waals surface area contributed by atoms with Gasteiger partial charge in [-0.25, -0.2) is 0 Å². The van der Waals surface area contributed by atoms with Gasteiger partial charge >= 0.3 is 0 Å². The third kappa shape index (κ3) is 3.45. The fourth-order valence-corrected chi connectivity index (χ4v) is 0.987. The molecule has 1 aromatic carbocycles. The van der Waals surface area contributed by atoms with E-state index < -0.39 is 0 Å². The van der Waals surface area contributed by atoms with Crippen LogP contribution in [0.15, 0.2) is 24.3 Å². The van der Waals surface area contributed by atoms with Crippen molar-refractivity contribution in [3.8, 4) is 5.75 Å². The summed E-state index contributed by atoms with van der Waals surface area (Å²) in [6, 6.07) is 7.18. The Balaban J connectivity index is 2.50. The van der Waals surface area contributed by atoms with Gasteiger partial charge in [-0.05, 0) is 12.1 Å². The Bertz CT molecular complexity index is 288. The van der Waals surface area contributed by atoms with Crippen molar-refractivity contribution >= 4 is 12.1 Å². The standard InChI is InChI=1S/C10H13NO3/c1-13-5-6-14-10-4-2-3-9(7-10)11-8-12/h2-4,7-8H,5-6H2,1H3,(H,11,12). The summed E-state index contributed by atoms with van der Waals surface area (Å²) in [5.74, 6) is 0.717. The Kier molecular flexibility index (Phi) is 4.50. The maximum Gasteiger partial charge on any atom is 0.211 e. The normalized spacial score (nSPS) is 9.50. The maximum atomic E-state index is 10.2. The topological polar surface area (TPSA) is 47.6 Å². The molecule has 4 heteroatoms.